The van der Waals surface area contributed by atoms with Gasteiger partial charge in [0.05, 0.1) is 6.61 Å². The predicted molar refractivity (Wildman–Crippen MR) is 90.6 cm³/mol. The number of hydrogen-bond acceptors (Lipinski definition) is 3. The first-order valence-corrected chi connectivity index (χ1v) is 8.67. The van der Waals surface area contributed by atoms with Crippen LogP contribution in [0, 0.1) is 6.92 Å². The van der Waals surface area contributed by atoms with Crippen molar-refractivity contribution in [3.8, 4) is 0 Å². The van der Waals surface area contributed by atoms with E-state index in [1.165, 1.54) is 53.7 Å². The first kappa shape index (κ1) is 14.8. The molecule has 122 valence electrons. The van der Waals surface area contributed by atoms with E-state index >= 15 is 0 Å². The molecule has 4 heteroatoms. The number of benzene rings is 1. The molecule has 0 radical (unpaired) electrons. The fourth-order valence-electron chi connectivity index (χ4n) is 4.28. The van der Waals surface area contributed by atoms with E-state index in [1.54, 1.807) is 0 Å². The second-order valence-electron chi connectivity index (χ2n) is 6.83. The maximum absolute atomic E-state index is 12.1. The van der Waals surface area contributed by atoms with E-state index in [4.69, 9.17) is 4.74 Å². The van der Waals surface area contributed by atoms with Crippen molar-refractivity contribution in [2.24, 2.45) is 0 Å². The molecule has 0 spiro atoms. The molecule has 4 heterocycles. The highest BCUT2D eigenvalue weighted by Gasteiger charge is 2.33. The van der Waals surface area contributed by atoms with Gasteiger partial charge in [-0.05, 0) is 57.5 Å². The molecule has 1 saturated heterocycles. The lowest BCUT2D eigenvalue weighted by Gasteiger charge is -2.27. The Hall–Kier alpha value is -1.81. The zero-order valence-corrected chi connectivity index (χ0v) is 14.0. The number of aryl methyl sites for hydroxylation is 1. The van der Waals surface area contributed by atoms with E-state index in [9.17, 15) is 4.79 Å². The Labute approximate surface area is 137 Å². The molecule has 0 saturated carbocycles. The maximum atomic E-state index is 12.1. The monoisotopic (exact) mass is 312 g/mol. The average Bonchev–Trinajstić information content (AvgIpc) is 2.69. The highest BCUT2D eigenvalue weighted by molar-refractivity contribution is 5.88. The summed E-state index contributed by atoms with van der Waals surface area (Å²) in [4.78, 5) is 14.7. The summed E-state index contributed by atoms with van der Waals surface area (Å²) in [6.07, 6.45) is 2.40. The molecule has 1 fully saturated rings. The van der Waals surface area contributed by atoms with Gasteiger partial charge in [0.25, 0.3) is 0 Å². The van der Waals surface area contributed by atoms with Gasteiger partial charge in [-0.1, -0.05) is 11.6 Å². The number of rotatable bonds is 3. The summed E-state index contributed by atoms with van der Waals surface area (Å²) in [5.41, 5.74) is 5.29. The largest absolute Gasteiger partial charge is 0.465 e. The highest BCUT2D eigenvalue weighted by atomic mass is 16.5. The molecule has 1 aromatic carbocycles. The van der Waals surface area contributed by atoms with Crippen molar-refractivity contribution in [2.45, 2.75) is 45.7 Å². The number of carbonyl (C=O) groups is 1. The van der Waals surface area contributed by atoms with Gasteiger partial charge in [0.1, 0.15) is 6.54 Å². The number of fused-ring (bicyclic) bond motifs is 3. The summed E-state index contributed by atoms with van der Waals surface area (Å²) in [5, 5.41) is 1.32. The Balaban J connectivity index is 1.90. The minimum atomic E-state index is -0.133. The van der Waals surface area contributed by atoms with Crippen LogP contribution in [-0.4, -0.2) is 35.1 Å². The maximum Gasteiger partial charge on any atom is 0.325 e. The molecule has 2 aromatic rings. The molecule has 3 aliphatic heterocycles. The van der Waals surface area contributed by atoms with Crippen LogP contribution in [-0.2, 0) is 22.6 Å². The molecular formula is C19H24N2O2. The van der Waals surface area contributed by atoms with Crippen molar-refractivity contribution in [2.75, 3.05) is 19.7 Å². The van der Waals surface area contributed by atoms with Crippen LogP contribution >= 0.6 is 0 Å². The van der Waals surface area contributed by atoms with Crippen LogP contribution in [0.2, 0.25) is 0 Å². The van der Waals surface area contributed by atoms with E-state index < -0.39 is 0 Å². The third-order valence-corrected chi connectivity index (χ3v) is 5.32. The van der Waals surface area contributed by atoms with Crippen LogP contribution in [0.1, 0.15) is 42.5 Å². The standard InChI is InChI=1S/C19H24N2O2/c1-3-23-18(22)12-21-17-5-4-13(2)10-15(17)16-11-20-8-6-14(7-9-20)19(16)21/h4-5,10,14H,3,6-9,11-12H2,1-2H3. The van der Waals surface area contributed by atoms with Crippen molar-refractivity contribution < 1.29 is 9.53 Å². The zero-order valence-electron chi connectivity index (χ0n) is 14.0. The third kappa shape index (κ3) is 2.45. The zero-order chi connectivity index (χ0) is 16.0. The van der Waals surface area contributed by atoms with Crippen LogP contribution in [0.3, 0.4) is 0 Å². The number of ether oxygens (including phenoxy) is 1. The van der Waals surface area contributed by atoms with Crippen LogP contribution in [0.15, 0.2) is 18.2 Å². The van der Waals surface area contributed by atoms with Crippen LogP contribution in [0.25, 0.3) is 10.9 Å². The number of piperidine rings is 1. The number of aromatic nitrogens is 1. The molecule has 0 aliphatic carbocycles. The number of nitrogens with zero attached hydrogens (tertiary/aromatic N) is 2. The molecule has 0 atom stereocenters. The van der Waals surface area contributed by atoms with Crippen molar-refractivity contribution in [3.05, 3.63) is 35.0 Å². The van der Waals surface area contributed by atoms with Gasteiger partial charge in [-0.2, -0.15) is 0 Å². The summed E-state index contributed by atoms with van der Waals surface area (Å²) >= 11 is 0. The first-order chi connectivity index (χ1) is 11.2. The Bertz CT molecular complexity index is 754. The molecule has 0 amide bonds. The smallest absolute Gasteiger partial charge is 0.325 e. The Morgan fingerprint density at radius 2 is 2.09 bits per heavy atom. The highest BCUT2D eigenvalue weighted by Crippen LogP contribution is 2.41. The molecule has 0 N–H and O–H groups in total. The summed E-state index contributed by atoms with van der Waals surface area (Å²) in [5.74, 6) is 0.442. The van der Waals surface area contributed by atoms with Gasteiger partial charge in [0, 0.05) is 29.1 Å². The van der Waals surface area contributed by atoms with Crippen LogP contribution < -0.4 is 0 Å². The third-order valence-electron chi connectivity index (χ3n) is 5.32. The van der Waals surface area contributed by atoms with Gasteiger partial charge in [-0.25, -0.2) is 0 Å². The summed E-state index contributed by atoms with van der Waals surface area (Å²) < 4.78 is 7.46. The topological polar surface area (TPSA) is 34.5 Å². The van der Waals surface area contributed by atoms with Gasteiger partial charge in [-0.3, -0.25) is 9.69 Å². The lowest BCUT2D eigenvalue weighted by atomic mass is 9.94. The Kier molecular flexibility index (Phi) is 3.64. The fourth-order valence-corrected chi connectivity index (χ4v) is 4.28. The quantitative estimate of drug-likeness (QED) is 0.816. The van der Waals surface area contributed by atoms with Gasteiger partial charge in [-0.15, -0.1) is 0 Å². The van der Waals surface area contributed by atoms with Crippen molar-refractivity contribution >= 4 is 16.9 Å². The number of carbonyl (C=O) groups excluding carboxylic acids is 1. The van der Waals surface area contributed by atoms with Gasteiger partial charge in [0.15, 0.2) is 0 Å². The normalized spacial score (nSPS) is 22.9. The molecule has 2 bridgehead atoms. The summed E-state index contributed by atoms with van der Waals surface area (Å²) in [6, 6.07) is 6.59. The lowest BCUT2D eigenvalue weighted by molar-refractivity contribution is -0.143. The van der Waals surface area contributed by atoms with E-state index in [0.717, 1.165) is 6.54 Å². The Morgan fingerprint density at radius 1 is 1.30 bits per heavy atom. The van der Waals surface area contributed by atoms with Crippen molar-refractivity contribution in [1.82, 2.24) is 9.47 Å². The predicted octanol–water partition coefficient (Wildman–Crippen LogP) is 3.21. The second kappa shape index (κ2) is 5.68. The van der Waals surface area contributed by atoms with Gasteiger partial charge >= 0.3 is 5.97 Å². The molecule has 5 rings (SSSR count). The first-order valence-electron chi connectivity index (χ1n) is 8.67. The molecule has 0 unspecified atom stereocenters. The van der Waals surface area contributed by atoms with Crippen LogP contribution in [0.4, 0.5) is 0 Å². The van der Waals surface area contributed by atoms with E-state index in [0.29, 0.717) is 19.1 Å². The molecular weight excluding hydrogens is 288 g/mol. The van der Waals surface area contributed by atoms with Crippen molar-refractivity contribution in [3.63, 3.8) is 0 Å². The van der Waals surface area contributed by atoms with Gasteiger partial charge in [0.2, 0.25) is 0 Å². The average molecular weight is 312 g/mol. The summed E-state index contributed by atoms with van der Waals surface area (Å²) in [7, 11) is 0. The Morgan fingerprint density at radius 3 is 2.83 bits per heavy atom. The molecule has 3 aliphatic rings. The van der Waals surface area contributed by atoms with E-state index in [-0.39, 0.29) is 5.97 Å². The molecule has 23 heavy (non-hydrogen) atoms. The van der Waals surface area contributed by atoms with E-state index in [1.807, 2.05) is 6.92 Å². The SMILES string of the molecule is CCOC(=O)Cn1c2c(c3cc(C)ccc31)CN1CCC2CC1. The second-order valence-corrected chi connectivity index (χ2v) is 6.83. The van der Waals surface area contributed by atoms with E-state index in [2.05, 4.69) is 34.6 Å². The van der Waals surface area contributed by atoms with Crippen LogP contribution in [0.5, 0.6) is 0 Å². The minimum absolute atomic E-state index is 0.133. The lowest BCUT2D eigenvalue weighted by Crippen LogP contribution is -2.29. The van der Waals surface area contributed by atoms with Crippen molar-refractivity contribution in [1.29, 1.82) is 0 Å². The molecule has 1 aromatic heterocycles. The molecule has 4 nitrogen and oxygen atoms in total. The van der Waals surface area contributed by atoms with Gasteiger partial charge < -0.3 is 9.30 Å². The fraction of sp³-hybridized carbons (Fsp3) is 0.526. The number of esters is 1. The summed E-state index contributed by atoms with van der Waals surface area (Å²) in [6.45, 7) is 8.14. The minimum Gasteiger partial charge on any atom is -0.465 e. The number of hydrogen-bond donors (Lipinski definition) is 0.